The van der Waals surface area contributed by atoms with Crippen molar-refractivity contribution in [2.24, 2.45) is 5.73 Å². The molecule has 2 aromatic carbocycles. The van der Waals surface area contributed by atoms with E-state index >= 15 is 0 Å². The van der Waals surface area contributed by atoms with E-state index in [1.165, 1.54) is 0 Å². The van der Waals surface area contributed by atoms with E-state index < -0.39 is 71.0 Å². The highest BCUT2D eigenvalue weighted by Crippen LogP contribution is 2.50. The summed E-state index contributed by atoms with van der Waals surface area (Å²) in [5.41, 5.74) is -4.14. The number of amides is 1. The topological polar surface area (TPSA) is 87.4 Å². The molecule has 0 bridgehead atoms. The summed E-state index contributed by atoms with van der Waals surface area (Å²) in [5, 5.41) is 14.1. The summed E-state index contributed by atoms with van der Waals surface area (Å²) in [5.74, 6) is -0.917. The molecule has 0 saturated heterocycles. The minimum atomic E-state index is -6.08. The summed E-state index contributed by atoms with van der Waals surface area (Å²) in [6.45, 7) is 2.19. The lowest BCUT2D eigenvalue weighted by molar-refractivity contribution is -0.376. The average Bonchev–Trinajstić information content (AvgIpc) is 3.54. The van der Waals surface area contributed by atoms with Crippen molar-refractivity contribution in [3.8, 4) is 11.1 Å². The maximum absolute atomic E-state index is 14.4. The summed E-state index contributed by atoms with van der Waals surface area (Å²) in [7, 11) is 0. The molecule has 3 rings (SSSR count). The summed E-state index contributed by atoms with van der Waals surface area (Å²) in [6, 6.07) is 2.71. The summed E-state index contributed by atoms with van der Waals surface area (Å²) in [4.78, 5) is 12.7. The van der Waals surface area contributed by atoms with E-state index in [2.05, 4.69) is 10.6 Å². The van der Waals surface area contributed by atoms with Gasteiger partial charge in [0.25, 0.3) is 5.60 Å². The van der Waals surface area contributed by atoms with E-state index in [1.54, 1.807) is 0 Å². The Labute approximate surface area is 228 Å². The summed E-state index contributed by atoms with van der Waals surface area (Å²) >= 11 is 0. The number of hydrogen-bond acceptors (Lipinski definition) is 4. The van der Waals surface area contributed by atoms with Crippen LogP contribution >= 0.6 is 0 Å². The first-order chi connectivity index (χ1) is 18.5. The molecule has 15 heteroatoms. The third-order valence-electron chi connectivity index (χ3n) is 6.56. The lowest BCUT2D eigenvalue weighted by Crippen LogP contribution is -2.55. The first-order valence-electron chi connectivity index (χ1n) is 12.2. The number of alkyl halides is 10. The predicted octanol–water partition coefficient (Wildman–Crippen LogP) is 5.93. The molecule has 1 amide bonds. The zero-order valence-corrected chi connectivity index (χ0v) is 21.6. The van der Waals surface area contributed by atoms with Crippen LogP contribution < -0.4 is 16.4 Å². The number of carbonyl (C=O) groups is 1. The van der Waals surface area contributed by atoms with E-state index in [-0.39, 0.29) is 11.1 Å². The maximum atomic E-state index is 14.4. The van der Waals surface area contributed by atoms with E-state index in [0.29, 0.717) is 25.0 Å². The van der Waals surface area contributed by atoms with Crippen LogP contribution in [0.4, 0.5) is 43.9 Å². The van der Waals surface area contributed by atoms with Crippen LogP contribution in [0.5, 0.6) is 0 Å². The van der Waals surface area contributed by atoms with Crippen molar-refractivity contribution in [1.29, 1.82) is 0 Å². The van der Waals surface area contributed by atoms with Crippen LogP contribution in [0.2, 0.25) is 0 Å². The first-order valence-corrected chi connectivity index (χ1v) is 12.2. The molecule has 2 aromatic rings. The fourth-order valence-electron chi connectivity index (χ4n) is 4.15. The normalized spacial score (nSPS) is 17.6. The molecule has 1 fully saturated rings. The molecule has 0 unspecified atom stereocenters. The molecule has 1 aliphatic carbocycles. The monoisotopic (exact) mass is 603 g/mol. The largest absolute Gasteiger partial charge is 0.430 e. The van der Waals surface area contributed by atoms with E-state index in [0.717, 1.165) is 50.2 Å². The standard InChI is InChI=1S/C26H27F10N3O2/c1-21(2,27)13-18(20(40)39-22(37)11-12-22)38-19(24(28,29)30)16-5-3-14(4-6-16)15-7-9-17(10-8-15)23(41,25(31,32)33)26(34,35)36/h3-10,18-19,38,41H,11-13,37H2,1-2H3,(H,39,40)/t18-,19-/m0/s1. The molecular formula is C26H27F10N3O2. The smallest absolute Gasteiger partial charge is 0.369 e. The van der Waals surface area contributed by atoms with Crippen molar-refractivity contribution in [3.63, 3.8) is 0 Å². The lowest BCUT2D eigenvalue weighted by atomic mass is 9.90. The molecule has 41 heavy (non-hydrogen) atoms. The second-order valence-electron chi connectivity index (χ2n) is 10.7. The van der Waals surface area contributed by atoms with Gasteiger partial charge in [-0.05, 0) is 43.4 Å². The van der Waals surface area contributed by atoms with E-state index in [1.807, 2.05) is 0 Å². The van der Waals surface area contributed by atoms with Gasteiger partial charge in [-0.3, -0.25) is 10.1 Å². The molecule has 0 radical (unpaired) electrons. The quantitative estimate of drug-likeness (QED) is 0.212. The van der Waals surface area contributed by atoms with Gasteiger partial charge in [-0.15, -0.1) is 0 Å². The second kappa shape index (κ2) is 10.7. The first kappa shape index (κ1) is 32.6. The second-order valence-corrected chi connectivity index (χ2v) is 10.7. The van der Waals surface area contributed by atoms with Gasteiger partial charge in [0, 0.05) is 12.0 Å². The number of benzene rings is 2. The van der Waals surface area contributed by atoms with E-state index in [4.69, 9.17) is 5.73 Å². The van der Waals surface area contributed by atoms with Crippen molar-refractivity contribution in [2.45, 2.75) is 80.7 Å². The number of carbonyl (C=O) groups excluding carboxylic acids is 1. The minimum Gasteiger partial charge on any atom is -0.369 e. The molecule has 228 valence electrons. The van der Waals surface area contributed by atoms with Gasteiger partial charge < -0.3 is 16.2 Å². The number of nitrogens with one attached hydrogen (secondary N) is 2. The highest BCUT2D eigenvalue weighted by Gasteiger charge is 2.71. The third kappa shape index (κ3) is 7.49. The number of hydrogen-bond donors (Lipinski definition) is 4. The van der Waals surface area contributed by atoms with Crippen molar-refractivity contribution in [3.05, 3.63) is 59.7 Å². The Balaban J connectivity index is 1.89. The van der Waals surface area contributed by atoms with E-state index in [9.17, 15) is 53.8 Å². The lowest BCUT2D eigenvalue weighted by Gasteiger charge is -2.32. The Kier molecular flexibility index (Phi) is 8.53. The number of nitrogens with two attached hydrogens (primary N) is 1. The van der Waals surface area contributed by atoms with Gasteiger partial charge >= 0.3 is 18.5 Å². The molecule has 0 spiro atoms. The zero-order chi connectivity index (χ0) is 31.2. The maximum Gasteiger partial charge on any atom is 0.430 e. The molecule has 1 aliphatic rings. The molecule has 5 nitrogen and oxygen atoms in total. The number of aliphatic hydroxyl groups is 1. The van der Waals surface area contributed by atoms with Crippen LogP contribution in [0.1, 0.15) is 50.3 Å². The Morgan fingerprint density at radius 1 is 0.854 bits per heavy atom. The van der Waals surface area contributed by atoms with Crippen LogP contribution in [-0.4, -0.2) is 46.9 Å². The van der Waals surface area contributed by atoms with Gasteiger partial charge in [-0.1, -0.05) is 48.5 Å². The highest BCUT2D eigenvalue weighted by molar-refractivity contribution is 5.83. The van der Waals surface area contributed by atoms with Crippen molar-refractivity contribution in [1.82, 2.24) is 10.6 Å². The van der Waals surface area contributed by atoms with Gasteiger partial charge in [-0.25, -0.2) is 4.39 Å². The molecule has 0 aromatic heterocycles. The summed E-state index contributed by atoms with van der Waals surface area (Å²) < 4.78 is 135. The Bertz CT molecular complexity index is 1200. The fourth-order valence-corrected chi connectivity index (χ4v) is 4.15. The van der Waals surface area contributed by atoms with Gasteiger partial charge in [0.15, 0.2) is 0 Å². The van der Waals surface area contributed by atoms with Gasteiger partial charge in [0.1, 0.15) is 11.7 Å². The number of halogens is 10. The van der Waals surface area contributed by atoms with Crippen molar-refractivity contribution >= 4 is 5.91 Å². The van der Waals surface area contributed by atoms with Crippen LogP contribution in [-0.2, 0) is 10.4 Å². The van der Waals surface area contributed by atoms with Crippen LogP contribution in [0.15, 0.2) is 48.5 Å². The molecule has 1 saturated carbocycles. The minimum absolute atomic E-state index is 0.0395. The summed E-state index contributed by atoms with van der Waals surface area (Å²) in [6.07, 6.45) is -16.9. The Hall–Kier alpha value is -2.91. The van der Waals surface area contributed by atoms with Crippen molar-refractivity contribution < 1.29 is 53.8 Å². The molecule has 0 heterocycles. The molecule has 5 N–H and O–H groups in total. The molecule has 2 atom stereocenters. The van der Waals surface area contributed by atoms with Crippen LogP contribution in [0.3, 0.4) is 0 Å². The van der Waals surface area contributed by atoms with Gasteiger partial charge in [0.2, 0.25) is 5.91 Å². The molecule has 0 aliphatic heterocycles. The third-order valence-corrected chi connectivity index (χ3v) is 6.56. The predicted molar refractivity (Wildman–Crippen MR) is 128 cm³/mol. The van der Waals surface area contributed by atoms with Gasteiger partial charge in [0.05, 0.1) is 11.7 Å². The number of rotatable bonds is 9. The highest BCUT2D eigenvalue weighted by atomic mass is 19.4. The van der Waals surface area contributed by atoms with Crippen LogP contribution in [0.25, 0.3) is 11.1 Å². The Morgan fingerprint density at radius 2 is 1.29 bits per heavy atom. The Morgan fingerprint density at radius 3 is 1.66 bits per heavy atom. The van der Waals surface area contributed by atoms with Crippen molar-refractivity contribution in [2.75, 3.05) is 0 Å². The average molecular weight is 604 g/mol. The molecular weight excluding hydrogens is 576 g/mol. The SMILES string of the molecule is CC(C)(F)C[C@H](N[C@@H](c1ccc(-c2ccc(C(O)(C(F)(F)F)C(F)(F)F)cc2)cc1)C(F)(F)F)C(=O)NC1(N)CC1. The van der Waals surface area contributed by atoms with Crippen LogP contribution in [0, 0.1) is 0 Å². The van der Waals surface area contributed by atoms with Gasteiger partial charge in [-0.2, -0.15) is 39.5 Å². The zero-order valence-electron chi connectivity index (χ0n) is 21.6. The fraction of sp³-hybridized carbons (Fsp3) is 0.500.